The van der Waals surface area contributed by atoms with Crippen LogP contribution in [0.4, 0.5) is 5.13 Å². The van der Waals surface area contributed by atoms with Crippen molar-refractivity contribution < 1.29 is 0 Å². The summed E-state index contributed by atoms with van der Waals surface area (Å²) in [6.45, 7) is 2.78. The fraction of sp³-hybridized carbons (Fsp3) is 0.286. The van der Waals surface area contributed by atoms with Crippen molar-refractivity contribution in [3.63, 3.8) is 0 Å². The van der Waals surface area contributed by atoms with Gasteiger partial charge in [-0.3, -0.25) is 5.01 Å². The second-order valence-electron chi connectivity index (χ2n) is 4.72. The second-order valence-corrected chi connectivity index (χ2v) is 5.73. The van der Waals surface area contributed by atoms with Gasteiger partial charge in [-0.05, 0) is 17.7 Å². The van der Waals surface area contributed by atoms with E-state index in [1.807, 2.05) is 30.5 Å². The quantitative estimate of drug-likeness (QED) is 0.814. The molecule has 0 atom stereocenters. The molecule has 6 nitrogen and oxygen atoms in total. The van der Waals surface area contributed by atoms with Gasteiger partial charge in [0.15, 0.2) is 5.13 Å². The molecule has 2 aromatic rings. The molecule has 0 spiro atoms. The summed E-state index contributed by atoms with van der Waals surface area (Å²) in [4.78, 5) is 18.2. The molecule has 1 saturated heterocycles. The third-order valence-corrected chi connectivity index (χ3v) is 4.54. The van der Waals surface area contributed by atoms with Gasteiger partial charge >= 0.3 is 0 Å². The first-order chi connectivity index (χ1) is 10.3. The number of aromatic nitrogens is 1. The summed E-state index contributed by atoms with van der Waals surface area (Å²) < 4.78 is 0. The smallest absolute Gasteiger partial charge is 0.185 e. The van der Waals surface area contributed by atoms with E-state index < -0.39 is 0 Å². The summed E-state index contributed by atoms with van der Waals surface area (Å²) in [5, 5.41) is 14.3. The Kier molecular flexibility index (Phi) is 3.79. The summed E-state index contributed by atoms with van der Waals surface area (Å²) in [5.41, 5.74) is 1.71. The minimum absolute atomic E-state index is 0.634. The normalized spacial score (nSPS) is 14.8. The van der Waals surface area contributed by atoms with Crippen LogP contribution in [0.5, 0.6) is 0 Å². The Bertz CT molecular complexity index is 667. The van der Waals surface area contributed by atoms with E-state index in [-0.39, 0.29) is 0 Å². The molecule has 0 bridgehead atoms. The molecule has 0 saturated carbocycles. The van der Waals surface area contributed by atoms with Gasteiger partial charge in [0.1, 0.15) is 0 Å². The maximum absolute atomic E-state index is 10.5. The van der Waals surface area contributed by atoms with E-state index in [4.69, 9.17) is 5.26 Å². The number of nitrogens with zero attached hydrogens (tertiary/aromatic N) is 5. The van der Waals surface area contributed by atoms with E-state index in [2.05, 4.69) is 21.2 Å². The molecule has 3 rings (SSSR count). The van der Waals surface area contributed by atoms with Gasteiger partial charge in [0.05, 0.1) is 34.9 Å². The Balaban J connectivity index is 1.74. The third-order valence-electron chi connectivity index (χ3n) is 3.43. The lowest BCUT2D eigenvalue weighted by atomic mass is 10.1. The molecular weight excluding hydrogens is 286 g/mol. The zero-order valence-electron chi connectivity index (χ0n) is 11.3. The first-order valence-electron chi connectivity index (χ1n) is 6.59. The number of nitriles is 1. The van der Waals surface area contributed by atoms with Crippen molar-refractivity contribution in [1.82, 2.24) is 9.99 Å². The van der Waals surface area contributed by atoms with E-state index in [1.54, 1.807) is 11.3 Å². The predicted octanol–water partition coefficient (Wildman–Crippen LogP) is 2.49. The lowest BCUT2D eigenvalue weighted by molar-refractivity contribution is 0.266. The van der Waals surface area contributed by atoms with Gasteiger partial charge in [-0.25, -0.2) is 4.98 Å². The van der Waals surface area contributed by atoms with Crippen LogP contribution in [0.25, 0.3) is 10.4 Å². The molecule has 21 heavy (non-hydrogen) atoms. The second kappa shape index (κ2) is 5.89. The highest BCUT2D eigenvalue weighted by Gasteiger charge is 2.19. The molecule has 0 amide bonds. The third kappa shape index (κ3) is 2.85. The summed E-state index contributed by atoms with van der Waals surface area (Å²) in [5.74, 6) is 0. The molecule has 1 aromatic carbocycles. The van der Waals surface area contributed by atoms with Crippen molar-refractivity contribution in [3.8, 4) is 16.5 Å². The maximum atomic E-state index is 10.5. The number of piperazine rings is 1. The first kappa shape index (κ1) is 13.5. The molecular formula is C14H13N5OS. The SMILES string of the molecule is N#Cc1ccc(-c2cnc(N3CCN(N=O)CC3)s2)cc1. The molecule has 0 unspecified atom stereocenters. The number of hydrogen-bond donors (Lipinski definition) is 0. The van der Waals surface area contributed by atoms with Gasteiger partial charge in [-0.15, -0.1) is 4.91 Å². The Labute approximate surface area is 126 Å². The molecule has 2 heterocycles. The Morgan fingerprint density at radius 3 is 2.52 bits per heavy atom. The van der Waals surface area contributed by atoms with Gasteiger partial charge in [-0.1, -0.05) is 23.5 Å². The molecule has 1 aliphatic heterocycles. The fourth-order valence-corrected chi connectivity index (χ4v) is 3.20. The van der Waals surface area contributed by atoms with Crippen molar-refractivity contribution >= 4 is 16.5 Å². The highest BCUT2D eigenvalue weighted by Crippen LogP contribution is 2.31. The summed E-state index contributed by atoms with van der Waals surface area (Å²) in [6.07, 6.45) is 1.85. The molecule has 0 radical (unpaired) electrons. The van der Waals surface area contributed by atoms with Gasteiger partial charge in [-0.2, -0.15) is 5.26 Å². The van der Waals surface area contributed by atoms with E-state index in [1.165, 1.54) is 5.01 Å². The molecule has 1 aromatic heterocycles. The zero-order valence-corrected chi connectivity index (χ0v) is 12.1. The largest absolute Gasteiger partial charge is 0.344 e. The van der Waals surface area contributed by atoms with E-state index >= 15 is 0 Å². The van der Waals surface area contributed by atoms with Gasteiger partial charge in [0, 0.05) is 19.3 Å². The monoisotopic (exact) mass is 299 g/mol. The van der Waals surface area contributed by atoms with E-state index in [9.17, 15) is 4.91 Å². The fourth-order valence-electron chi connectivity index (χ4n) is 2.22. The van der Waals surface area contributed by atoms with Crippen molar-refractivity contribution in [2.75, 3.05) is 31.1 Å². The standard InChI is InChI=1S/C14H13N5OS/c15-9-11-1-3-12(4-2-11)13-10-16-14(21-13)18-5-7-19(17-20)8-6-18/h1-4,10H,5-8H2. The minimum atomic E-state index is 0.634. The highest BCUT2D eigenvalue weighted by atomic mass is 32.1. The number of anilines is 1. The van der Waals surface area contributed by atoms with Crippen LogP contribution in [0.1, 0.15) is 5.56 Å². The van der Waals surface area contributed by atoms with Crippen molar-refractivity contribution in [3.05, 3.63) is 40.9 Å². The van der Waals surface area contributed by atoms with Crippen LogP contribution < -0.4 is 4.90 Å². The van der Waals surface area contributed by atoms with Gasteiger partial charge in [0.25, 0.3) is 0 Å². The summed E-state index contributed by atoms with van der Waals surface area (Å²) in [6, 6.07) is 9.60. The average molecular weight is 299 g/mol. The highest BCUT2D eigenvalue weighted by molar-refractivity contribution is 7.18. The van der Waals surface area contributed by atoms with E-state index in [0.29, 0.717) is 18.7 Å². The molecule has 7 heteroatoms. The van der Waals surface area contributed by atoms with Gasteiger partial charge in [0.2, 0.25) is 0 Å². The molecule has 0 aliphatic carbocycles. The Hall–Kier alpha value is -2.46. The van der Waals surface area contributed by atoms with Crippen LogP contribution in [0, 0.1) is 16.2 Å². The average Bonchev–Trinajstić information content (AvgIpc) is 3.05. The van der Waals surface area contributed by atoms with Crippen LogP contribution in [0.2, 0.25) is 0 Å². The molecule has 1 fully saturated rings. The van der Waals surface area contributed by atoms with Gasteiger partial charge < -0.3 is 4.90 Å². The summed E-state index contributed by atoms with van der Waals surface area (Å²) in [7, 11) is 0. The van der Waals surface area contributed by atoms with Crippen LogP contribution in [-0.2, 0) is 0 Å². The lowest BCUT2D eigenvalue weighted by Crippen LogP contribution is -2.43. The van der Waals surface area contributed by atoms with Crippen LogP contribution in [0.3, 0.4) is 0 Å². The zero-order chi connectivity index (χ0) is 14.7. The number of thiazole rings is 1. The lowest BCUT2D eigenvalue weighted by Gasteiger charge is -2.30. The minimum Gasteiger partial charge on any atom is -0.344 e. The van der Waals surface area contributed by atoms with Crippen LogP contribution >= 0.6 is 11.3 Å². The number of rotatable bonds is 3. The van der Waals surface area contributed by atoms with E-state index in [0.717, 1.165) is 28.7 Å². The molecule has 1 aliphatic rings. The molecule has 106 valence electrons. The van der Waals surface area contributed by atoms with Crippen molar-refractivity contribution in [2.24, 2.45) is 5.29 Å². The number of nitroso groups, excluding NO2 is 1. The molecule has 0 N–H and O–H groups in total. The predicted molar refractivity (Wildman–Crippen MR) is 81.8 cm³/mol. The maximum Gasteiger partial charge on any atom is 0.185 e. The first-order valence-corrected chi connectivity index (χ1v) is 7.41. The Morgan fingerprint density at radius 2 is 1.90 bits per heavy atom. The number of benzene rings is 1. The van der Waals surface area contributed by atoms with Crippen molar-refractivity contribution in [1.29, 1.82) is 5.26 Å². The topological polar surface area (TPSA) is 72.6 Å². The van der Waals surface area contributed by atoms with Crippen LogP contribution in [0.15, 0.2) is 35.7 Å². The summed E-state index contributed by atoms with van der Waals surface area (Å²) >= 11 is 1.62. The number of hydrogen-bond acceptors (Lipinski definition) is 6. The van der Waals surface area contributed by atoms with Crippen LogP contribution in [-0.4, -0.2) is 36.2 Å². The van der Waals surface area contributed by atoms with Crippen molar-refractivity contribution in [2.45, 2.75) is 0 Å². The Morgan fingerprint density at radius 1 is 1.19 bits per heavy atom.